The van der Waals surface area contributed by atoms with Crippen LogP contribution in [0, 0.1) is 0 Å². The number of imide groups is 1. The molecule has 72 valence electrons. The lowest BCUT2D eigenvalue weighted by Gasteiger charge is -2.11. The lowest BCUT2D eigenvalue weighted by atomic mass is 10.2. The number of amides is 3. The minimum atomic E-state index is -3.09. The number of fused-ring (bicyclic) bond motifs is 1. The van der Waals surface area contributed by atoms with E-state index in [4.69, 9.17) is 0 Å². The van der Waals surface area contributed by atoms with Gasteiger partial charge in [0.1, 0.15) is 0 Å². The normalized spacial score (nSPS) is 35.7. The SMILES string of the molecule is O=CN1C(=O)N[C@@H]2CS(=O)(=O)C[C@@H]21. The average molecular weight is 204 g/mol. The Kier molecular flexibility index (Phi) is 1.59. The van der Waals surface area contributed by atoms with Crippen LogP contribution in [0.3, 0.4) is 0 Å². The molecule has 2 saturated heterocycles. The molecule has 0 radical (unpaired) electrons. The fourth-order valence-corrected chi connectivity index (χ4v) is 3.65. The quantitative estimate of drug-likeness (QED) is 0.409. The minimum absolute atomic E-state index is 0.0618. The molecule has 7 heteroatoms. The van der Waals surface area contributed by atoms with Crippen LogP contribution in [0.2, 0.25) is 0 Å². The molecule has 2 rings (SSSR count). The smallest absolute Gasteiger partial charge is 0.324 e. The molecule has 2 aliphatic heterocycles. The molecule has 3 amide bonds. The van der Waals surface area contributed by atoms with Crippen LogP contribution >= 0.6 is 0 Å². The van der Waals surface area contributed by atoms with E-state index in [9.17, 15) is 18.0 Å². The number of hydrogen-bond acceptors (Lipinski definition) is 4. The molecule has 0 bridgehead atoms. The molecule has 0 aromatic heterocycles. The van der Waals surface area contributed by atoms with E-state index >= 15 is 0 Å². The molecule has 13 heavy (non-hydrogen) atoms. The summed E-state index contributed by atoms with van der Waals surface area (Å²) in [4.78, 5) is 22.4. The second-order valence-electron chi connectivity index (χ2n) is 3.21. The zero-order valence-electron chi connectivity index (χ0n) is 6.63. The maximum atomic E-state index is 11.1. The Morgan fingerprint density at radius 1 is 1.46 bits per heavy atom. The first kappa shape index (κ1) is 8.49. The van der Waals surface area contributed by atoms with Gasteiger partial charge < -0.3 is 5.32 Å². The van der Waals surface area contributed by atoms with Crippen molar-refractivity contribution in [2.75, 3.05) is 11.5 Å². The van der Waals surface area contributed by atoms with Crippen LogP contribution in [0.5, 0.6) is 0 Å². The van der Waals surface area contributed by atoms with Crippen molar-refractivity contribution in [2.24, 2.45) is 0 Å². The fourth-order valence-electron chi connectivity index (χ4n) is 1.75. The standard InChI is InChI=1S/C6H8N2O4S/c9-3-8-5-2-13(11,12)1-4(5)7-6(8)10/h3-5H,1-2H2,(H,7,10)/t4-,5+/m1/s1. The zero-order chi connectivity index (χ0) is 9.64. The molecule has 0 saturated carbocycles. The Labute approximate surface area is 74.8 Å². The van der Waals surface area contributed by atoms with E-state index in [2.05, 4.69) is 5.32 Å². The van der Waals surface area contributed by atoms with Crippen molar-refractivity contribution in [1.82, 2.24) is 10.2 Å². The second-order valence-corrected chi connectivity index (χ2v) is 5.37. The first-order valence-electron chi connectivity index (χ1n) is 3.78. The third-order valence-corrected chi connectivity index (χ3v) is 4.05. The van der Waals surface area contributed by atoms with E-state index < -0.39 is 28.0 Å². The fraction of sp³-hybridized carbons (Fsp3) is 0.667. The third-order valence-electron chi connectivity index (χ3n) is 2.34. The summed E-state index contributed by atoms with van der Waals surface area (Å²) in [7, 11) is -3.09. The topological polar surface area (TPSA) is 83.6 Å². The first-order chi connectivity index (χ1) is 6.03. The van der Waals surface area contributed by atoms with E-state index in [1.165, 1.54) is 0 Å². The van der Waals surface area contributed by atoms with E-state index in [0.29, 0.717) is 6.41 Å². The Balaban J connectivity index is 2.29. The van der Waals surface area contributed by atoms with Gasteiger partial charge in [-0.25, -0.2) is 13.2 Å². The molecule has 2 atom stereocenters. The molecule has 0 aromatic rings. The highest BCUT2D eigenvalue weighted by Gasteiger charge is 2.48. The number of nitrogens with one attached hydrogen (secondary N) is 1. The average Bonchev–Trinajstić information content (AvgIpc) is 2.39. The number of carbonyl (C=O) groups is 2. The number of carbonyl (C=O) groups excluding carboxylic acids is 2. The summed E-state index contributed by atoms with van der Waals surface area (Å²) in [5, 5.41) is 2.45. The summed E-state index contributed by atoms with van der Waals surface area (Å²) >= 11 is 0. The number of nitrogens with zero attached hydrogens (tertiary/aromatic N) is 1. The molecule has 6 nitrogen and oxygen atoms in total. The van der Waals surface area contributed by atoms with Crippen LogP contribution in [0.4, 0.5) is 4.79 Å². The summed E-state index contributed by atoms with van der Waals surface area (Å²) in [6.45, 7) is 0. The van der Waals surface area contributed by atoms with E-state index in [-0.39, 0.29) is 11.5 Å². The molecule has 0 aromatic carbocycles. The van der Waals surface area contributed by atoms with Gasteiger partial charge in [-0.3, -0.25) is 9.69 Å². The maximum Gasteiger partial charge on any atom is 0.324 e. The van der Waals surface area contributed by atoms with Gasteiger partial charge in [0.2, 0.25) is 6.41 Å². The number of hydrogen-bond donors (Lipinski definition) is 1. The number of sulfone groups is 1. The predicted molar refractivity (Wildman–Crippen MR) is 42.7 cm³/mol. The van der Waals surface area contributed by atoms with Gasteiger partial charge in [0.15, 0.2) is 9.84 Å². The highest BCUT2D eigenvalue weighted by atomic mass is 32.2. The predicted octanol–water partition coefficient (Wildman–Crippen LogP) is -1.67. The van der Waals surface area contributed by atoms with Gasteiger partial charge in [-0.15, -0.1) is 0 Å². The Morgan fingerprint density at radius 2 is 2.15 bits per heavy atom. The van der Waals surface area contributed by atoms with Gasteiger partial charge in [0, 0.05) is 0 Å². The molecule has 0 spiro atoms. The van der Waals surface area contributed by atoms with Crippen molar-refractivity contribution in [3.8, 4) is 0 Å². The maximum absolute atomic E-state index is 11.1. The van der Waals surface area contributed by atoms with Gasteiger partial charge in [0.05, 0.1) is 23.6 Å². The van der Waals surface area contributed by atoms with E-state index in [1.54, 1.807) is 0 Å². The highest BCUT2D eigenvalue weighted by Crippen LogP contribution is 2.22. The van der Waals surface area contributed by atoms with Gasteiger partial charge >= 0.3 is 6.03 Å². The van der Waals surface area contributed by atoms with Crippen molar-refractivity contribution >= 4 is 22.3 Å². The highest BCUT2D eigenvalue weighted by molar-refractivity contribution is 7.91. The third kappa shape index (κ3) is 1.19. The van der Waals surface area contributed by atoms with Crippen LogP contribution < -0.4 is 5.32 Å². The lowest BCUT2D eigenvalue weighted by molar-refractivity contribution is -0.116. The van der Waals surface area contributed by atoms with Gasteiger partial charge in [-0.2, -0.15) is 0 Å². The van der Waals surface area contributed by atoms with Crippen LogP contribution in [0.1, 0.15) is 0 Å². The van der Waals surface area contributed by atoms with Crippen molar-refractivity contribution in [2.45, 2.75) is 12.1 Å². The van der Waals surface area contributed by atoms with Crippen LogP contribution in [-0.2, 0) is 14.6 Å². The Morgan fingerprint density at radius 3 is 2.77 bits per heavy atom. The molecule has 2 fully saturated rings. The van der Waals surface area contributed by atoms with Crippen molar-refractivity contribution in [3.63, 3.8) is 0 Å². The molecular formula is C6H8N2O4S. The van der Waals surface area contributed by atoms with Gasteiger partial charge in [-0.05, 0) is 0 Å². The summed E-state index contributed by atoms with van der Waals surface area (Å²) in [5.41, 5.74) is 0. The van der Waals surface area contributed by atoms with Crippen LogP contribution in [0.25, 0.3) is 0 Å². The molecule has 1 N–H and O–H groups in total. The monoisotopic (exact) mass is 204 g/mol. The number of rotatable bonds is 1. The Bertz CT molecular complexity index is 363. The zero-order valence-corrected chi connectivity index (χ0v) is 7.45. The largest absolute Gasteiger partial charge is 0.332 e. The Hall–Kier alpha value is -1.11. The van der Waals surface area contributed by atoms with Gasteiger partial charge in [0.25, 0.3) is 0 Å². The first-order valence-corrected chi connectivity index (χ1v) is 5.60. The minimum Gasteiger partial charge on any atom is -0.332 e. The van der Waals surface area contributed by atoms with Crippen molar-refractivity contribution in [3.05, 3.63) is 0 Å². The van der Waals surface area contributed by atoms with Crippen LogP contribution in [0.15, 0.2) is 0 Å². The summed E-state index contributed by atoms with van der Waals surface area (Å²) in [6, 6.07) is -1.42. The van der Waals surface area contributed by atoms with Crippen molar-refractivity contribution in [1.29, 1.82) is 0 Å². The molecule has 0 unspecified atom stereocenters. The lowest BCUT2D eigenvalue weighted by Crippen LogP contribution is -2.35. The van der Waals surface area contributed by atoms with Crippen LogP contribution in [-0.4, -0.2) is 49.3 Å². The molecule has 2 heterocycles. The summed E-state index contributed by atoms with van der Waals surface area (Å²) in [6.07, 6.45) is 0.376. The summed E-state index contributed by atoms with van der Waals surface area (Å²) in [5.74, 6) is -0.178. The molecular weight excluding hydrogens is 196 g/mol. The number of urea groups is 1. The molecule has 2 aliphatic rings. The van der Waals surface area contributed by atoms with Crippen molar-refractivity contribution < 1.29 is 18.0 Å². The molecule has 0 aliphatic carbocycles. The van der Waals surface area contributed by atoms with E-state index in [1.807, 2.05) is 0 Å². The summed E-state index contributed by atoms with van der Waals surface area (Å²) < 4.78 is 22.2. The van der Waals surface area contributed by atoms with E-state index in [0.717, 1.165) is 4.90 Å². The van der Waals surface area contributed by atoms with Gasteiger partial charge in [-0.1, -0.05) is 0 Å². The second kappa shape index (κ2) is 2.44.